The number of thioether (sulfide) groups is 1. The molecule has 1 amide bonds. The summed E-state index contributed by atoms with van der Waals surface area (Å²) in [5.41, 5.74) is 4.41. The summed E-state index contributed by atoms with van der Waals surface area (Å²) in [6.07, 6.45) is 0. The molecule has 2 aromatic carbocycles. The lowest BCUT2D eigenvalue weighted by atomic mass is 10.2. The molecule has 0 bridgehead atoms. The Kier molecular flexibility index (Phi) is 7.93. The maximum absolute atomic E-state index is 12.2. The molecule has 0 aromatic heterocycles. The molecular weight excluding hydrogens is 372 g/mol. The Balaban J connectivity index is 1.77. The second-order valence-corrected chi connectivity index (χ2v) is 8.05. The van der Waals surface area contributed by atoms with Gasteiger partial charge in [-0.3, -0.25) is 9.59 Å². The highest BCUT2D eigenvalue weighted by molar-refractivity contribution is 8.00. The summed E-state index contributed by atoms with van der Waals surface area (Å²) in [4.78, 5) is 28.9. The summed E-state index contributed by atoms with van der Waals surface area (Å²) < 4.78 is 5.15. The summed E-state index contributed by atoms with van der Waals surface area (Å²) >= 11 is 1.43. The minimum atomic E-state index is -0.386. The van der Waals surface area contributed by atoms with E-state index in [0.29, 0.717) is 6.54 Å². The van der Waals surface area contributed by atoms with Gasteiger partial charge in [0.2, 0.25) is 0 Å². The topological polar surface area (TPSA) is 49.9 Å². The van der Waals surface area contributed by atoms with Gasteiger partial charge in [-0.2, -0.15) is 0 Å². The Hall–Kier alpha value is -2.47. The minimum absolute atomic E-state index is 0.188. The van der Waals surface area contributed by atoms with Crippen molar-refractivity contribution in [2.75, 3.05) is 38.4 Å². The van der Waals surface area contributed by atoms with Crippen LogP contribution >= 0.6 is 11.8 Å². The van der Waals surface area contributed by atoms with Gasteiger partial charge in [-0.1, -0.05) is 29.8 Å². The van der Waals surface area contributed by atoms with Crippen LogP contribution in [-0.2, 0) is 20.9 Å². The van der Waals surface area contributed by atoms with Crippen molar-refractivity contribution in [3.05, 3.63) is 59.2 Å². The Morgan fingerprint density at radius 3 is 2.32 bits per heavy atom. The highest BCUT2D eigenvalue weighted by atomic mass is 32.2. The first-order valence-corrected chi connectivity index (χ1v) is 10.1. The number of hydrogen-bond donors (Lipinski definition) is 0. The number of esters is 1. The zero-order chi connectivity index (χ0) is 20.7. The molecule has 5 nitrogen and oxygen atoms in total. The first-order valence-electron chi connectivity index (χ1n) is 9.12. The number of benzene rings is 2. The van der Waals surface area contributed by atoms with E-state index < -0.39 is 0 Å². The Labute approximate surface area is 171 Å². The highest BCUT2D eigenvalue weighted by Gasteiger charge is 2.13. The molecule has 2 aromatic rings. The van der Waals surface area contributed by atoms with Gasteiger partial charge in [0.05, 0.1) is 5.75 Å². The van der Waals surface area contributed by atoms with Crippen molar-refractivity contribution in [3.8, 4) is 0 Å². The highest BCUT2D eigenvalue weighted by Crippen LogP contribution is 2.23. The summed E-state index contributed by atoms with van der Waals surface area (Å²) in [6.45, 7) is 4.26. The number of amides is 1. The van der Waals surface area contributed by atoms with E-state index in [2.05, 4.69) is 0 Å². The van der Waals surface area contributed by atoms with Gasteiger partial charge in [-0.15, -0.1) is 11.8 Å². The summed E-state index contributed by atoms with van der Waals surface area (Å²) in [6, 6.07) is 14.1. The minimum Gasteiger partial charge on any atom is -0.455 e. The van der Waals surface area contributed by atoms with Crippen LogP contribution in [0.15, 0.2) is 47.4 Å². The molecule has 150 valence electrons. The van der Waals surface area contributed by atoms with E-state index in [4.69, 9.17) is 4.74 Å². The summed E-state index contributed by atoms with van der Waals surface area (Å²) in [5.74, 6) is -0.419. The second-order valence-electron chi connectivity index (χ2n) is 7.03. The predicted octanol–water partition coefficient (Wildman–Crippen LogP) is 3.66. The van der Waals surface area contributed by atoms with Crippen LogP contribution in [0, 0.1) is 13.8 Å². The number of aryl methyl sites for hydroxylation is 2. The molecule has 0 unspecified atom stereocenters. The molecule has 0 aliphatic heterocycles. The number of rotatable bonds is 8. The molecule has 0 saturated heterocycles. The van der Waals surface area contributed by atoms with Crippen LogP contribution in [0.1, 0.15) is 16.7 Å². The average molecular weight is 401 g/mol. The lowest BCUT2D eigenvalue weighted by Gasteiger charge is -2.18. The van der Waals surface area contributed by atoms with Crippen LogP contribution in [0.5, 0.6) is 0 Å². The van der Waals surface area contributed by atoms with Gasteiger partial charge in [0.1, 0.15) is 0 Å². The molecule has 28 heavy (non-hydrogen) atoms. The smallest absolute Gasteiger partial charge is 0.316 e. The number of hydrogen-bond acceptors (Lipinski definition) is 5. The number of nitrogens with zero attached hydrogens (tertiary/aromatic N) is 2. The van der Waals surface area contributed by atoms with Gasteiger partial charge in [0, 0.05) is 38.3 Å². The van der Waals surface area contributed by atoms with Crippen molar-refractivity contribution in [1.82, 2.24) is 4.90 Å². The molecule has 2 rings (SSSR count). The molecule has 0 N–H and O–H groups in total. The largest absolute Gasteiger partial charge is 0.455 e. The molecule has 0 aliphatic carbocycles. The molecule has 0 spiro atoms. The van der Waals surface area contributed by atoms with E-state index in [0.717, 1.165) is 27.3 Å². The van der Waals surface area contributed by atoms with Crippen LogP contribution in [-0.4, -0.2) is 50.3 Å². The maximum Gasteiger partial charge on any atom is 0.316 e. The standard InChI is InChI=1S/C22H28N2O3S/c1-16-6-7-17(2)20(12-16)28-15-22(26)27-14-21(25)24(5)13-18-8-10-19(11-9-18)23(3)4/h6-12H,13-15H2,1-5H3. The average Bonchev–Trinajstić information content (AvgIpc) is 2.67. The van der Waals surface area contributed by atoms with Crippen molar-refractivity contribution in [1.29, 1.82) is 0 Å². The van der Waals surface area contributed by atoms with Crippen molar-refractivity contribution in [2.24, 2.45) is 0 Å². The third-order valence-corrected chi connectivity index (χ3v) is 5.47. The molecule has 0 atom stereocenters. The zero-order valence-corrected chi connectivity index (χ0v) is 18.0. The fraction of sp³-hybridized carbons (Fsp3) is 0.364. The van der Waals surface area contributed by atoms with Gasteiger partial charge in [-0.05, 0) is 43.2 Å². The fourth-order valence-corrected chi connectivity index (χ4v) is 3.48. The Morgan fingerprint density at radius 1 is 1.00 bits per heavy atom. The Bertz CT molecular complexity index is 819. The van der Waals surface area contributed by atoms with E-state index >= 15 is 0 Å². The Morgan fingerprint density at radius 2 is 1.68 bits per heavy atom. The van der Waals surface area contributed by atoms with Gasteiger partial charge in [0.15, 0.2) is 6.61 Å². The van der Waals surface area contributed by atoms with E-state index in [9.17, 15) is 9.59 Å². The third kappa shape index (κ3) is 6.60. The predicted molar refractivity (Wildman–Crippen MR) is 115 cm³/mol. The number of carbonyl (C=O) groups excluding carboxylic acids is 2. The number of carbonyl (C=O) groups is 2. The monoisotopic (exact) mass is 400 g/mol. The lowest BCUT2D eigenvalue weighted by molar-refractivity contribution is -0.149. The van der Waals surface area contributed by atoms with E-state index in [1.54, 1.807) is 11.9 Å². The van der Waals surface area contributed by atoms with Crippen molar-refractivity contribution in [3.63, 3.8) is 0 Å². The van der Waals surface area contributed by atoms with E-state index in [-0.39, 0.29) is 24.2 Å². The van der Waals surface area contributed by atoms with Crippen LogP contribution in [0.3, 0.4) is 0 Å². The summed E-state index contributed by atoms with van der Waals surface area (Å²) in [5, 5.41) is 0. The van der Waals surface area contributed by atoms with Crippen LogP contribution < -0.4 is 4.90 Å². The van der Waals surface area contributed by atoms with Crippen LogP contribution in [0.25, 0.3) is 0 Å². The van der Waals surface area contributed by atoms with Gasteiger partial charge in [-0.25, -0.2) is 0 Å². The fourth-order valence-electron chi connectivity index (χ4n) is 2.56. The SMILES string of the molecule is Cc1ccc(C)c(SCC(=O)OCC(=O)N(C)Cc2ccc(N(C)C)cc2)c1. The lowest BCUT2D eigenvalue weighted by Crippen LogP contribution is -2.31. The van der Waals surface area contributed by atoms with Gasteiger partial charge >= 0.3 is 5.97 Å². The molecule has 0 aliphatic rings. The van der Waals surface area contributed by atoms with Crippen molar-refractivity contribution in [2.45, 2.75) is 25.3 Å². The number of anilines is 1. The van der Waals surface area contributed by atoms with Crippen LogP contribution in [0.4, 0.5) is 5.69 Å². The molecule has 0 saturated carbocycles. The zero-order valence-electron chi connectivity index (χ0n) is 17.2. The van der Waals surface area contributed by atoms with E-state index in [1.807, 2.05) is 75.3 Å². The molecule has 0 heterocycles. The second kappa shape index (κ2) is 10.2. The molecule has 6 heteroatoms. The molecule has 0 fully saturated rings. The quantitative estimate of drug-likeness (QED) is 0.500. The van der Waals surface area contributed by atoms with Crippen molar-refractivity contribution < 1.29 is 14.3 Å². The van der Waals surface area contributed by atoms with Gasteiger partial charge in [0.25, 0.3) is 5.91 Å². The third-order valence-electron chi connectivity index (χ3n) is 4.34. The van der Waals surface area contributed by atoms with Gasteiger partial charge < -0.3 is 14.5 Å². The number of likely N-dealkylation sites (N-methyl/N-ethyl adjacent to an activating group) is 1. The molecule has 0 radical (unpaired) electrons. The summed E-state index contributed by atoms with van der Waals surface area (Å²) in [7, 11) is 5.68. The normalized spacial score (nSPS) is 10.5. The van der Waals surface area contributed by atoms with Crippen LogP contribution in [0.2, 0.25) is 0 Å². The first kappa shape index (κ1) is 21.8. The number of ether oxygens (including phenoxy) is 1. The first-order chi connectivity index (χ1) is 13.3. The van der Waals surface area contributed by atoms with Crippen molar-refractivity contribution >= 4 is 29.3 Å². The van der Waals surface area contributed by atoms with E-state index in [1.165, 1.54) is 11.8 Å². The molecular formula is C22H28N2O3S. The maximum atomic E-state index is 12.2.